The zero-order valence-electron chi connectivity index (χ0n) is 15.5. The molecule has 0 saturated heterocycles. The van der Waals surface area contributed by atoms with E-state index in [2.05, 4.69) is 36.5 Å². The van der Waals surface area contributed by atoms with Crippen molar-refractivity contribution in [1.82, 2.24) is 5.32 Å². The van der Waals surface area contributed by atoms with Crippen LogP contribution in [-0.2, 0) is 9.59 Å². The summed E-state index contributed by atoms with van der Waals surface area (Å²) in [5.74, 6) is 0.332. The summed E-state index contributed by atoms with van der Waals surface area (Å²) in [5, 5.41) is 2.58. The average molecular weight is 332 g/mol. The first-order chi connectivity index (χ1) is 11.7. The van der Waals surface area contributed by atoms with Crippen molar-refractivity contribution in [2.45, 2.75) is 65.2 Å². The van der Waals surface area contributed by atoms with Gasteiger partial charge in [0.05, 0.1) is 0 Å². The Bertz CT molecular complexity index is 470. The number of unbranched alkanes of at least 4 members (excludes halogenated alkanes) is 3. The molecule has 0 fully saturated rings. The Morgan fingerprint density at radius 1 is 1.17 bits per heavy atom. The Balaban J connectivity index is 0.000000470. The van der Waals surface area contributed by atoms with Gasteiger partial charge in [-0.25, -0.2) is 0 Å². The molecular weight excluding hydrogens is 298 g/mol. The predicted octanol–water partition coefficient (Wildman–Crippen LogP) is 5.06. The second-order valence-electron chi connectivity index (χ2n) is 5.65. The van der Waals surface area contributed by atoms with Gasteiger partial charge >= 0.3 is 0 Å². The molecule has 0 aromatic rings. The Morgan fingerprint density at radius 2 is 1.92 bits per heavy atom. The zero-order chi connectivity index (χ0) is 18.0. The summed E-state index contributed by atoms with van der Waals surface area (Å²) in [7, 11) is 1.66. The van der Waals surface area contributed by atoms with E-state index in [1.54, 1.807) is 13.1 Å². The molecule has 1 amide bonds. The molecule has 3 nitrogen and oxygen atoms in total. The first-order valence-electron chi connectivity index (χ1n) is 9.02. The monoisotopic (exact) mass is 331 g/mol. The maximum atomic E-state index is 11.2. The van der Waals surface area contributed by atoms with Gasteiger partial charge in [-0.1, -0.05) is 43.4 Å². The number of rotatable bonds is 9. The average Bonchev–Trinajstić information content (AvgIpc) is 3.00. The molecule has 0 spiro atoms. The molecule has 0 aliphatic heterocycles. The van der Waals surface area contributed by atoms with Crippen LogP contribution >= 0.6 is 0 Å². The second-order valence-corrected chi connectivity index (χ2v) is 5.65. The number of ketones is 1. The van der Waals surface area contributed by atoms with Crippen LogP contribution in [0.25, 0.3) is 0 Å². The van der Waals surface area contributed by atoms with E-state index in [0.717, 1.165) is 50.5 Å². The zero-order valence-corrected chi connectivity index (χ0v) is 15.5. The lowest BCUT2D eigenvalue weighted by atomic mass is 10.1. The van der Waals surface area contributed by atoms with Crippen molar-refractivity contribution in [3.8, 4) is 0 Å². The van der Waals surface area contributed by atoms with E-state index in [1.807, 2.05) is 19.1 Å². The minimum Gasteiger partial charge on any atom is -0.359 e. The third-order valence-electron chi connectivity index (χ3n) is 3.58. The Labute approximate surface area is 147 Å². The van der Waals surface area contributed by atoms with Crippen molar-refractivity contribution < 1.29 is 9.59 Å². The molecule has 1 rings (SSSR count). The number of allylic oxidation sites excluding steroid dienone is 8. The van der Waals surface area contributed by atoms with Gasteiger partial charge in [-0.2, -0.15) is 0 Å². The molecule has 24 heavy (non-hydrogen) atoms. The lowest BCUT2D eigenvalue weighted by molar-refractivity contribution is -0.120. The topological polar surface area (TPSA) is 46.2 Å². The number of carbonyl (C=O) groups excluding carboxylic acids is 2. The molecule has 0 saturated carbocycles. The first-order valence-corrected chi connectivity index (χ1v) is 9.02. The maximum absolute atomic E-state index is 11.2. The van der Waals surface area contributed by atoms with Crippen molar-refractivity contribution in [3.63, 3.8) is 0 Å². The summed E-state index contributed by atoms with van der Waals surface area (Å²) in [4.78, 5) is 21.8. The van der Waals surface area contributed by atoms with Gasteiger partial charge in [-0.05, 0) is 63.5 Å². The molecule has 0 radical (unpaired) electrons. The molecule has 0 aromatic carbocycles. The Hall–Kier alpha value is -1.90. The molecule has 0 aromatic heterocycles. The molecule has 1 N–H and O–H groups in total. The molecule has 134 valence electrons. The highest BCUT2D eigenvalue weighted by Gasteiger charge is 2.08. The van der Waals surface area contributed by atoms with E-state index in [0.29, 0.717) is 6.42 Å². The highest BCUT2D eigenvalue weighted by atomic mass is 16.1. The highest BCUT2D eigenvalue weighted by molar-refractivity contribution is 6.06. The van der Waals surface area contributed by atoms with Crippen LogP contribution in [-0.4, -0.2) is 18.7 Å². The van der Waals surface area contributed by atoms with E-state index in [4.69, 9.17) is 0 Å². The van der Waals surface area contributed by atoms with Crippen LogP contribution in [0.2, 0.25) is 0 Å². The highest BCUT2D eigenvalue weighted by Crippen LogP contribution is 2.14. The van der Waals surface area contributed by atoms with Crippen LogP contribution in [0.4, 0.5) is 0 Å². The van der Waals surface area contributed by atoms with Gasteiger partial charge in [0, 0.05) is 13.5 Å². The third kappa shape index (κ3) is 12.6. The smallest absolute Gasteiger partial charge is 0.219 e. The van der Waals surface area contributed by atoms with E-state index in [9.17, 15) is 9.59 Å². The van der Waals surface area contributed by atoms with Gasteiger partial charge in [-0.3, -0.25) is 9.59 Å². The van der Waals surface area contributed by atoms with Crippen LogP contribution < -0.4 is 5.32 Å². The van der Waals surface area contributed by atoms with Crippen LogP contribution in [0.3, 0.4) is 0 Å². The minimum absolute atomic E-state index is 0.129. The number of hydrogen-bond donors (Lipinski definition) is 1. The molecule has 1 aliphatic rings. The summed E-state index contributed by atoms with van der Waals surface area (Å²) < 4.78 is 0. The molecule has 0 atom stereocenters. The van der Waals surface area contributed by atoms with Crippen molar-refractivity contribution >= 4 is 11.7 Å². The SMILES string of the molecule is C/C=C\CCCC(=O)NC.CC/C=C\CCC/C=C1\CC=CC1=O. The lowest BCUT2D eigenvalue weighted by Crippen LogP contribution is -2.16. The molecule has 0 heterocycles. The van der Waals surface area contributed by atoms with Gasteiger partial charge in [0.2, 0.25) is 5.91 Å². The molecular formula is C21H33NO2. The first kappa shape index (κ1) is 22.1. The van der Waals surface area contributed by atoms with Crippen LogP contribution in [0.15, 0.2) is 48.1 Å². The standard InChI is InChI=1S/C13H18O.C8H15NO/c1-2-3-4-5-6-7-9-12-10-8-11-13(12)14;1-3-4-5-6-7-8(10)9-2/h3-4,8-9,11H,2,5-7,10H2,1H3;3-4H,5-7H2,1-2H3,(H,9,10)/b4-3-,12-9+;4-3-. The summed E-state index contributed by atoms with van der Waals surface area (Å²) in [6.45, 7) is 4.13. The van der Waals surface area contributed by atoms with Gasteiger partial charge in [0.1, 0.15) is 0 Å². The Kier molecular flexibility index (Phi) is 14.7. The fraction of sp³-hybridized carbons (Fsp3) is 0.524. The predicted molar refractivity (Wildman–Crippen MR) is 103 cm³/mol. The number of hydrogen-bond acceptors (Lipinski definition) is 2. The van der Waals surface area contributed by atoms with Crippen molar-refractivity contribution in [3.05, 3.63) is 48.1 Å². The lowest BCUT2D eigenvalue weighted by Gasteiger charge is -1.95. The van der Waals surface area contributed by atoms with Crippen molar-refractivity contribution in [1.29, 1.82) is 0 Å². The maximum Gasteiger partial charge on any atom is 0.219 e. The second kappa shape index (κ2) is 16.0. The van der Waals surface area contributed by atoms with Crippen molar-refractivity contribution in [2.24, 2.45) is 0 Å². The summed E-state index contributed by atoms with van der Waals surface area (Å²) in [5.41, 5.74) is 0.976. The molecule has 3 heteroatoms. The fourth-order valence-electron chi connectivity index (χ4n) is 2.15. The van der Waals surface area contributed by atoms with Crippen LogP contribution in [0.5, 0.6) is 0 Å². The van der Waals surface area contributed by atoms with Crippen molar-refractivity contribution in [2.75, 3.05) is 7.05 Å². The summed E-state index contributed by atoms with van der Waals surface area (Å²) in [6.07, 6.45) is 22.0. The molecule has 0 bridgehead atoms. The van der Waals surface area contributed by atoms with Gasteiger partial charge < -0.3 is 5.32 Å². The van der Waals surface area contributed by atoms with Gasteiger partial charge in [-0.15, -0.1) is 0 Å². The van der Waals surface area contributed by atoms with E-state index >= 15 is 0 Å². The third-order valence-corrected chi connectivity index (χ3v) is 3.58. The summed E-state index contributed by atoms with van der Waals surface area (Å²) >= 11 is 0. The van der Waals surface area contributed by atoms with E-state index in [1.165, 1.54) is 0 Å². The number of carbonyl (C=O) groups is 2. The van der Waals surface area contributed by atoms with E-state index in [-0.39, 0.29) is 11.7 Å². The van der Waals surface area contributed by atoms with Gasteiger partial charge in [0.25, 0.3) is 0 Å². The van der Waals surface area contributed by atoms with Crippen LogP contribution in [0.1, 0.15) is 65.2 Å². The molecule has 0 unspecified atom stereocenters. The number of amides is 1. The van der Waals surface area contributed by atoms with Gasteiger partial charge in [0.15, 0.2) is 5.78 Å². The Morgan fingerprint density at radius 3 is 2.50 bits per heavy atom. The van der Waals surface area contributed by atoms with Crippen LogP contribution in [0, 0.1) is 0 Å². The minimum atomic E-state index is 0.129. The molecule has 1 aliphatic carbocycles. The quantitative estimate of drug-likeness (QED) is 0.365. The number of nitrogens with one attached hydrogen (secondary N) is 1. The summed E-state index contributed by atoms with van der Waals surface area (Å²) in [6, 6.07) is 0. The largest absolute Gasteiger partial charge is 0.359 e. The fourth-order valence-corrected chi connectivity index (χ4v) is 2.15. The normalized spacial score (nSPS) is 15.3. The van der Waals surface area contributed by atoms with E-state index < -0.39 is 0 Å².